The number of hydrogen-bond donors (Lipinski definition) is 2. The molecule has 0 unspecified atom stereocenters. The van der Waals surface area contributed by atoms with E-state index >= 15 is 0 Å². The first kappa shape index (κ1) is 15.4. The molecule has 0 radical (unpaired) electrons. The van der Waals surface area contributed by atoms with Gasteiger partial charge in [-0.3, -0.25) is 4.72 Å². The van der Waals surface area contributed by atoms with Gasteiger partial charge in [0.05, 0.1) is 17.7 Å². The van der Waals surface area contributed by atoms with Crippen LogP contribution in [0.5, 0.6) is 0 Å². The number of carbonyl (C=O) groups is 1. The van der Waals surface area contributed by atoms with Gasteiger partial charge in [-0.15, -0.1) is 0 Å². The monoisotopic (exact) mass is 328 g/mol. The van der Waals surface area contributed by atoms with E-state index in [0.29, 0.717) is 10.7 Å². The Morgan fingerprint density at radius 3 is 2.67 bits per heavy atom. The molecule has 21 heavy (non-hydrogen) atoms. The van der Waals surface area contributed by atoms with Crippen molar-refractivity contribution in [2.24, 2.45) is 0 Å². The Bertz CT molecular complexity index is 783. The van der Waals surface area contributed by atoms with Crippen molar-refractivity contribution >= 4 is 33.3 Å². The van der Waals surface area contributed by atoms with E-state index in [1.165, 1.54) is 31.4 Å². The number of sulfonamides is 1. The number of esters is 1. The van der Waals surface area contributed by atoms with Crippen molar-refractivity contribution in [3.8, 4) is 0 Å². The number of rotatable bonds is 4. The number of carbonyl (C=O) groups excluding carboxylic acids is 1. The molecule has 2 aromatic rings. The number of aryl methyl sites for hydroxylation is 1. The molecule has 0 atom stereocenters. The molecule has 0 fully saturated rings. The van der Waals surface area contributed by atoms with E-state index in [4.69, 9.17) is 11.6 Å². The molecule has 0 amide bonds. The maximum atomic E-state index is 12.3. The number of nitrogens with one attached hydrogen (secondary N) is 2. The lowest BCUT2D eigenvalue weighted by atomic mass is 10.4. The Balaban J connectivity index is 2.40. The number of hydrogen-bond acceptors (Lipinski definition) is 4. The van der Waals surface area contributed by atoms with Gasteiger partial charge in [-0.2, -0.15) is 0 Å². The van der Waals surface area contributed by atoms with Crippen LogP contribution in [0.4, 0.5) is 5.69 Å². The lowest BCUT2D eigenvalue weighted by Crippen LogP contribution is -2.15. The van der Waals surface area contributed by atoms with Gasteiger partial charge in [0, 0.05) is 10.7 Å². The van der Waals surface area contributed by atoms with E-state index in [-0.39, 0.29) is 16.3 Å². The molecule has 2 N–H and O–H groups in total. The van der Waals surface area contributed by atoms with Gasteiger partial charge in [-0.05, 0) is 31.2 Å². The van der Waals surface area contributed by atoms with Gasteiger partial charge in [-0.1, -0.05) is 17.7 Å². The number of benzene rings is 1. The van der Waals surface area contributed by atoms with E-state index in [1.807, 2.05) is 0 Å². The summed E-state index contributed by atoms with van der Waals surface area (Å²) in [5.74, 6) is -0.660. The molecule has 0 saturated carbocycles. The van der Waals surface area contributed by atoms with Crippen LogP contribution in [0, 0.1) is 6.92 Å². The fourth-order valence-corrected chi connectivity index (χ4v) is 3.13. The predicted octanol–water partition coefficient (Wildman–Crippen LogP) is 2.56. The predicted molar refractivity (Wildman–Crippen MR) is 79.1 cm³/mol. The summed E-state index contributed by atoms with van der Waals surface area (Å²) in [6.07, 6.45) is 0. The second-order valence-electron chi connectivity index (χ2n) is 4.30. The van der Waals surface area contributed by atoms with Gasteiger partial charge in [0.25, 0.3) is 10.0 Å². The molecular weight excluding hydrogens is 316 g/mol. The highest BCUT2D eigenvalue weighted by molar-refractivity contribution is 7.92. The zero-order chi connectivity index (χ0) is 15.6. The van der Waals surface area contributed by atoms with Crippen molar-refractivity contribution in [3.05, 3.63) is 46.7 Å². The van der Waals surface area contributed by atoms with Crippen LogP contribution in [0.1, 0.15) is 16.2 Å². The highest BCUT2D eigenvalue weighted by atomic mass is 35.5. The van der Waals surface area contributed by atoms with Gasteiger partial charge in [0.2, 0.25) is 0 Å². The number of aromatic amines is 1. The minimum atomic E-state index is -3.85. The molecule has 1 heterocycles. The number of halogens is 1. The van der Waals surface area contributed by atoms with Crippen molar-refractivity contribution in [2.75, 3.05) is 11.8 Å². The summed E-state index contributed by atoms with van der Waals surface area (Å²) in [5, 5.41) is 0.302. The van der Waals surface area contributed by atoms with Crippen molar-refractivity contribution in [1.29, 1.82) is 0 Å². The molecule has 0 aliphatic carbocycles. The quantitative estimate of drug-likeness (QED) is 0.844. The average Bonchev–Trinajstić information content (AvgIpc) is 2.78. The van der Waals surface area contributed by atoms with E-state index < -0.39 is 16.0 Å². The normalized spacial score (nSPS) is 11.2. The van der Waals surface area contributed by atoms with E-state index in [2.05, 4.69) is 14.4 Å². The number of methoxy groups -OCH3 is 1. The SMILES string of the molecule is COC(=O)c1[nH]c(C)cc1NS(=O)(=O)c1cccc(Cl)c1. The van der Waals surface area contributed by atoms with Gasteiger partial charge in [0.15, 0.2) is 0 Å². The van der Waals surface area contributed by atoms with Crippen molar-refractivity contribution in [2.45, 2.75) is 11.8 Å². The maximum Gasteiger partial charge on any atom is 0.356 e. The topological polar surface area (TPSA) is 88.3 Å². The Hall–Kier alpha value is -1.99. The standard InChI is InChI=1S/C13H13ClN2O4S/c1-8-6-11(12(15-8)13(17)20-2)16-21(18,19)10-5-3-4-9(14)7-10/h3-7,15-16H,1-2H3. The van der Waals surface area contributed by atoms with Gasteiger partial charge in [0.1, 0.15) is 5.69 Å². The molecule has 0 bridgehead atoms. The van der Waals surface area contributed by atoms with Gasteiger partial charge < -0.3 is 9.72 Å². The molecule has 8 heteroatoms. The first-order valence-electron chi connectivity index (χ1n) is 5.90. The van der Waals surface area contributed by atoms with Crippen LogP contribution in [0.2, 0.25) is 5.02 Å². The van der Waals surface area contributed by atoms with Crippen molar-refractivity contribution in [3.63, 3.8) is 0 Å². The van der Waals surface area contributed by atoms with Crippen molar-refractivity contribution < 1.29 is 17.9 Å². The summed E-state index contributed by atoms with van der Waals surface area (Å²) in [5.41, 5.74) is 0.791. The highest BCUT2D eigenvalue weighted by Crippen LogP contribution is 2.23. The van der Waals surface area contributed by atoms with Crippen LogP contribution in [0.15, 0.2) is 35.2 Å². The van der Waals surface area contributed by atoms with Crippen LogP contribution in [-0.4, -0.2) is 26.5 Å². The second-order valence-corrected chi connectivity index (χ2v) is 6.41. The van der Waals surface area contributed by atoms with Gasteiger partial charge in [-0.25, -0.2) is 13.2 Å². The Morgan fingerprint density at radius 1 is 1.33 bits per heavy atom. The van der Waals surface area contributed by atoms with Crippen LogP contribution in [0.25, 0.3) is 0 Å². The number of H-pyrrole nitrogens is 1. The lowest BCUT2D eigenvalue weighted by Gasteiger charge is -2.08. The fourth-order valence-electron chi connectivity index (χ4n) is 1.77. The summed E-state index contributed by atoms with van der Waals surface area (Å²) in [6, 6.07) is 7.34. The molecular formula is C13H13ClN2O4S. The molecule has 0 aliphatic heterocycles. The Kier molecular flexibility index (Phi) is 4.24. The molecule has 0 saturated heterocycles. The minimum Gasteiger partial charge on any atom is -0.464 e. The van der Waals surface area contributed by atoms with Crippen molar-refractivity contribution in [1.82, 2.24) is 4.98 Å². The molecule has 2 rings (SSSR count). The lowest BCUT2D eigenvalue weighted by molar-refractivity contribution is 0.0596. The summed E-state index contributed by atoms with van der Waals surface area (Å²) < 4.78 is 31.5. The van der Waals surface area contributed by atoms with Crippen LogP contribution < -0.4 is 4.72 Å². The third kappa shape index (κ3) is 3.37. The Morgan fingerprint density at radius 2 is 2.05 bits per heavy atom. The molecule has 1 aromatic heterocycles. The third-order valence-electron chi connectivity index (χ3n) is 2.69. The second kappa shape index (κ2) is 5.79. The summed E-state index contributed by atoms with van der Waals surface area (Å²) in [6.45, 7) is 1.70. The molecule has 6 nitrogen and oxygen atoms in total. The molecule has 0 spiro atoms. The first-order valence-corrected chi connectivity index (χ1v) is 7.76. The van der Waals surface area contributed by atoms with E-state index in [0.717, 1.165) is 0 Å². The highest BCUT2D eigenvalue weighted by Gasteiger charge is 2.21. The number of aromatic nitrogens is 1. The van der Waals surface area contributed by atoms with Crippen LogP contribution in [0.3, 0.4) is 0 Å². The van der Waals surface area contributed by atoms with Gasteiger partial charge >= 0.3 is 5.97 Å². The fraction of sp³-hybridized carbons (Fsp3) is 0.154. The smallest absolute Gasteiger partial charge is 0.356 e. The van der Waals surface area contributed by atoms with E-state index in [9.17, 15) is 13.2 Å². The first-order chi connectivity index (χ1) is 9.83. The zero-order valence-corrected chi connectivity index (χ0v) is 12.9. The molecule has 112 valence electrons. The minimum absolute atomic E-state index is 0.00432. The summed E-state index contributed by atoms with van der Waals surface area (Å²) in [7, 11) is -2.63. The molecule has 1 aromatic carbocycles. The molecule has 0 aliphatic rings. The van der Waals surface area contributed by atoms with Crippen LogP contribution >= 0.6 is 11.6 Å². The largest absolute Gasteiger partial charge is 0.464 e. The third-order valence-corrected chi connectivity index (χ3v) is 4.29. The maximum absolute atomic E-state index is 12.3. The summed E-state index contributed by atoms with van der Waals surface area (Å²) in [4.78, 5) is 14.4. The number of ether oxygens (including phenoxy) is 1. The average molecular weight is 329 g/mol. The van der Waals surface area contributed by atoms with E-state index in [1.54, 1.807) is 13.0 Å². The van der Waals surface area contributed by atoms with Crippen LogP contribution in [-0.2, 0) is 14.8 Å². The summed E-state index contributed by atoms with van der Waals surface area (Å²) >= 11 is 5.79. The zero-order valence-electron chi connectivity index (χ0n) is 11.3. The Labute approximate surface area is 127 Å². The number of anilines is 1.